The molecule has 1 saturated carbocycles. The molecule has 2 atom stereocenters. The van der Waals surface area contributed by atoms with E-state index in [0.29, 0.717) is 17.6 Å². The molecule has 0 aliphatic heterocycles. The number of aliphatic hydroxyl groups is 1. The van der Waals surface area contributed by atoms with Gasteiger partial charge in [0.15, 0.2) is 11.6 Å². The van der Waals surface area contributed by atoms with E-state index in [0.717, 1.165) is 5.57 Å². The van der Waals surface area contributed by atoms with Crippen molar-refractivity contribution < 1.29 is 14.7 Å². The van der Waals surface area contributed by atoms with E-state index < -0.39 is 16.4 Å². The summed E-state index contributed by atoms with van der Waals surface area (Å²) in [5, 5.41) is 11.0. The Balaban J connectivity index is 2.27. The zero-order valence-corrected chi connectivity index (χ0v) is 10.8. The van der Waals surface area contributed by atoms with E-state index >= 15 is 0 Å². The van der Waals surface area contributed by atoms with Crippen LogP contribution in [0.15, 0.2) is 35.5 Å². The maximum absolute atomic E-state index is 12.3. The lowest BCUT2D eigenvalue weighted by atomic mass is 9.67. The first-order valence-corrected chi connectivity index (χ1v) is 6.10. The third kappa shape index (κ3) is 0.927. The molecule has 3 aliphatic carbocycles. The molecule has 0 heterocycles. The Morgan fingerprint density at radius 3 is 2.44 bits per heavy atom. The van der Waals surface area contributed by atoms with Crippen molar-refractivity contribution in [1.82, 2.24) is 0 Å². The quantitative estimate of drug-likeness (QED) is 0.660. The molecule has 0 spiro atoms. The SMILES string of the molecule is C=C1C(=O)C=C2C=C3C(=O)C(C)(C)C[C@]3(O)[C@]12C. The monoisotopic (exact) mass is 244 g/mol. The summed E-state index contributed by atoms with van der Waals surface area (Å²) in [5.74, 6) is -0.171. The Morgan fingerprint density at radius 1 is 1.22 bits per heavy atom. The molecule has 1 N–H and O–H groups in total. The molecule has 0 bridgehead atoms. The third-order valence-corrected chi connectivity index (χ3v) is 4.89. The Morgan fingerprint density at radius 2 is 1.83 bits per heavy atom. The van der Waals surface area contributed by atoms with Gasteiger partial charge in [0.25, 0.3) is 0 Å². The van der Waals surface area contributed by atoms with E-state index in [9.17, 15) is 14.7 Å². The van der Waals surface area contributed by atoms with Crippen molar-refractivity contribution >= 4 is 11.6 Å². The maximum Gasteiger partial charge on any atom is 0.182 e. The van der Waals surface area contributed by atoms with Gasteiger partial charge >= 0.3 is 0 Å². The topological polar surface area (TPSA) is 54.4 Å². The second-order valence-corrected chi connectivity index (χ2v) is 6.38. The molecule has 3 heteroatoms. The zero-order chi connectivity index (χ0) is 13.5. The molecule has 3 aliphatic rings. The Hall–Kier alpha value is -1.48. The molecule has 18 heavy (non-hydrogen) atoms. The molecular formula is C15H16O3. The lowest BCUT2D eigenvalue weighted by Crippen LogP contribution is -2.44. The number of rotatable bonds is 0. The molecule has 0 amide bonds. The van der Waals surface area contributed by atoms with Crippen LogP contribution in [0.1, 0.15) is 27.2 Å². The van der Waals surface area contributed by atoms with Crippen LogP contribution in [0.25, 0.3) is 0 Å². The van der Waals surface area contributed by atoms with Crippen LogP contribution in [0.5, 0.6) is 0 Å². The smallest absolute Gasteiger partial charge is 0.182 e. The van der Waals surface area contributed by atoms with E-state index in [4.69, 9.17) is 0 Å². The Kier molecular flexibility index (Phi) is 1.77. The van der Waals surface area contributed by atoms with E-state index in [1.165, 1.54) is 6.08 Å². The highest BCUT2D eigenvalue weighted by Gasteiger charge is 2.67. The van der Waals surface area contributed by atoms with Gasteiger partial charge in [-0.1, -0.05) is 20.4 Å². The van der Waals surface area contributed by atoms with E-state index in [2.05, 4.69) is 6.58 Å². The van der Waals surface area contributed by atoms with Crippen LogP contribution in [0.3, 0.4) is 0 Å². The van der Waals surface area contributed by atoms with Gasteiger partial charge in [-0.05, 0) is 31.1 Å². The minimum Gasteiger partial charge on any atom is -0.384 e. The average Bonchev–Trinajstić information content (AvgIpc) is 2.68. The molecule has 1 fully saturated rings. The minimum atomic E-state index is -1.28. The first-order valence-electron chi connectivity index (χ1n) is 6.10. The first-order chi connectivity index (χ1) is 8.14. The molecule has 0 aromatic carbocycles. The Labute approximate surface area is 106 Å². The lowest BCUT2D eigenvalue weighted by Gasteiger charge is -2.38. The number of allylic oxidation sites excluding steroid dienone is 2. The molecule has 3 nitrogen and oxygen atoms in total. The van der Waals surface area contributed by atoms with Crippen LogP contribution < -0.4 is 0 Å². The van der Waals surface area contributed by atoms with Crippen molar-refractivity contribution in [1.29, 1.82) is 0 Å². The summed E-state index contributed by atoms with van der Waals surface area (Å²) >= 11 is 0. The van der Waals surface area contributed by atoms with Crippen molar-refractivity contribution in [3.63, 3.8) is 0 Å². The van der Waals surface area contributed by atoms with Crippen LogP contribution >= 0.6 is 0 Å². The molecule has 0 aromatic rings. The fraction of sp³-hybridized carbons (Fsp3) is 0.467. The summed E-state index contributed by atoms with van der Waals surface area (Å²) in [7, 11) is 0. The fourth-order valence-corrected chi connectivity index (χ4v) is 3.62. The van der Waals surface area contributed by atoms with Gasteiger partial charge in [0.1, 0.15) is 5.60 Å². The highest BCUT2D eigenvalue weighted by molar-refractivity contribution is 6.14. The number of Topliss-reactive ketones (excluding diaryl/α,β-unsaturated/α-hetero) is 1. The van der Waals surface area contributed by atoms with Gasteiger partial charge in [-0.15, -0.1) is 0 Å². The summed E-state index contributed by atoms with van der Waals surface area (Å²) in [4.78, 5) is 24.1. The number of hydrogen-bond donors (Lipinski definition) is 1. The third-order valence-electron chi connectivity index (χ3n) is 4.89. The summed E-state index contributed by atoms with van der Waals surface area (Å²) in [5.41, 5.74) is -1.14. The highest BCUT2D eigenvalue weighted by Crippen LogP contribution is 2.64. The van der Waals surface area contributed by atoms with Gasteiger partial charge in [0.05, 0.1) is 5.41 Å². The second-order valence-electron chi connectivity index (χ2n) is 6.38. The Bertz CT molecular complexity index is 591. The van der Waals surface area contributed by atoms with Crippen LogP contribution in [-0.4, -0.2) is 22.3 Å². The molecule has 0 radical (unpaired) electrons. The van der Waals surface area contributed by atoms with E-state index in [-0.39, 0.29) is 11.6 Å². The van der Waals surface area contributed by atoms with Crippen LogP contribution in [0.2, 0.25) is 0 Å². The summed E-state index contributed by atoms with van der Waals surface area (Å²) < 4.78 is 0. The summed E-state index contributed by atoms with van der Waals surface area (Å²) in [6.07, 6.45) is 3.52. The molecular weight excluding hydrogens is 228 g/mol. The van der Waals surface area contributed by atoms with Crippen molar-refractivity contribution in [3.05, 3.63) is 35.5 Å². The average molecular weight is 244 g/mol. The van der Waals surface area contributed by atoms with Crippen molar-refractivity contribution in [2.45, 2.75) is 32.8 Å². The lowest BCUT2D eigenvalue weighted by molar-refractivity contribution is -0.121. The van der Waals surface area contributed by atoms with Gasteiger partial charge in [0.2, 0.25) is 0 Å². The second kappa shape index (κ2) is 2.75. The fourth-order valence-electron chi connectivity index (χ4n) is 3.62. The van der Waals surface area contributed by atoms with Crippen LogP contribution in [0.4, 0.5) is 0 Å². The number of ketones is 2. The normalized spacial score (nSPS) is 40.8. The van der Waals surface area contributed by atoms with Crippen molar-refractivity contribution in [2.24, 2.45) is 10.8 Å². The van der Waals surface area contributed by atoms with Gasteiger partial charge in [-0.25, -0.2) is 0 Å². The highest BCUT2D eigenvalue weighted by atomic mass is 16.3. The van der Waals surface area contributed by atoms with E-state index in [1.807, 2.05) is 20.8 Å². The minimum absolute atomic E-state index is 0.0261. The predicted octanol–water partition coefficient (Wildman–Crippen LogP) is 1.73. The predicted molar refractivity (Wildman–Crippen MR) is 66.8 cm³/mol. The first kappa shape index (κ1) is 11.6. The number of carbonyl (C=O) groups is 2. The standard InChI is InChI=1S/C15H16O3/c1-8-11(16)6-9-5-10-12(17)13(2,3)7-15(10,18)14(8,9)4/h5-6,18H,1,7H2,2-4H3/t14-,15-/m1/s1. The van der Waals surface area contributed by atoms with Crippen molar-refractivity contribution in [3.8, 4) is 0 Å². The largest absolute Gasteiger partial charge is 0.384 e. The molecule has 0 aromatic heterocycles. The number of hydrogen-bond acceptors (Lipinski definition) is 3. The van der Waals surface area contributed by atoms with Gasteiger partial charge in [-0.3, -0.25) is 9.59 Å². The van der Waals surface area contributed by atoms with Gasteiger partial charge < -0.3 is 5.11 Å². The van der Waals surface area contributed by atoms with E-state index in [1.54, 1.807) is 6.08 Å². The summed E-state index contributed by atoms with van der Waals surface area (Å²) in [6, 6.07) is 0. The molecule has 0 unspecified atom stereocenters. The molecule has 94 valence electrons. The van der Waals surface area contributed by atoms with Crippen LogP contribution in [-0.2, 0) is 9.59 Å². The molecule has 3 rings (SSSR count). The van der Waals surface area contributed by atoms with Gasteiger partial charge in [0, 0.05) is 16.6 Å². The summed E-state index contributed by atoms with van der Waals surface area (Å²) in [6.45, 7) is 9.30. The van der Waals surface area contributed by atoms with Gasteiger partial charge in [-0.2, -0.15) is 0 Å². The molecule has 0 saturated heterocycles. The number of carbonyl (C=O) groups excluding carboxylic acids is 2. The maximum atomic E-state index is 12.3. The van der Waals surface area contributed by atoms with Crippen LogP contribution in [0, 0.1) is 10.8 Å². The zero-order valence-electron chi connectivity index (χ0n) is 10.8. The number of fused-ring (bicyclic) bond motifs is 3. The van der Waals surface area contributed by atoms with Crippen molar-refractivity contribution in [2.75, 3.05) is 0 Å².